The van der Waals surface area contributed by atoms with Gasteiger partial charge in [0.15, 0.2) is 6.33 Å². The molecule has 0 bridgehead atoms. The van der Waals surface area contributed by atoms with Gasteiger partial charge in [-0.2, -0.15) is 0 Å². The second-order valence-electron chi connectivity index (χ2n) is 6.62. The summed E-state index contributed by atoms with van der Waals surface area (Å²) in [4.78, 5) is 7.92. The first-order chi connectivity index (χ1) is 16.6. The van der Waals surface area contributed by atoms with E-state index in [4.69, 9.17) is 15.9 Å². The van der Waals surface area contributed by atoms with Gasteiger partial charge in [0.1, 0.15) is 22.9 Å². The van der Waals surface area contributed by atoms with E-state index in [0.29, 0.717) is 23.8 Å². The second kappa shape index (κ2) is 10.5. The molecule has 0 saturated carbocycles. The van der Waals surface area contributed by atoms with Gasteiger partial charge in [-0.1, -0.05) is 24.3 Å². The number of hydrogen-bond donors (Lipinski definition) is 3. The first-order valence-corrected chi connectivity index (χ1v) is 9.80. The predicted molar refractivity (Wildman–Crippen MR) is 118 cm³/mol. The van der Waals surface area contributed by atoms with Crippen LogP contribution in [-0.4, -0.2) is 61.0 Å². The number of rotatable bonds is 4. The lowest BCUT2D eigenvalue weighted by atomic mass is 10.1. The van der Waals surface area contributed by atoms with E-state index in [1.807, 2.05) is 24.3 Å². The highest BCUT2D eigenvalue weighted by atomic mass is 16.3. The standard InChI is InChI=1S/C12H8N6O2.C9H9N5/c19-7-1-3-9(13-5-7)11-15-17-12(18-16-11)10-4-2-8(20)6-14-10;10-5-7-1-3-8(4-2-7)9-13-11-6-12-14-9/h1-6,19-20H;1-4,6H,5,10H2. The van der Waals surface area contributed by atoms with Crippen LogP contribution in [0.3, 0.4) is 0 Å². The van der Waals surface area contributed by atoms with E-state index >= 15 is 0 Å². The molecular formula is C21H17N11O2. The molecule has 4 heterocycles. The summed E-state index contributed by atoms with van der Waals surface area (Å²) in [5.74, 6) is 1.12. The van der Waals surface area contributed by atoms with Crippen molar-refractivity contribution in [3.63, 3.8) is 0 Å². The predicted octanol–water partition coefficient (Wildman–Crippen LogP) is 1.19. The third-order valence-corrected chi connectivity index (χ3v) is 4.29. The molecule has 0 fully saturated rings. The third-order valence-electron chi connectivity index (χ3n) is 4.29. The number of aromatic hydroxyl groups is 2. The van der Waals surface area contributed by atoms with Crippen molar-refractivity contribution >= 4 is 0 Å². The van der Waals surface area contributed by atoms with Crippen LogP contribution in [0.5, 0.6) is 11.5 Å². The summed E-state index contributed by atoms with van der Waals surface area (Å²) >= 11 is 0. The van der Waals surface area contributed by atoms with Gasteiger partial charge in [-0.25, -0.2) is 9.97 Å². The van der Waals surface area contributed by atoms with Crippen LogP contribution >= 0.6 is 0 Å². The lowest BCUT2D eigenvalue weighted by molar-refractivity contribution is 0.472. The van der Waals surface area contributed by atoms with Crippen LogP contribution in [0.25, 0.3) is 34.4 Å². The van der Waals surface area contributed by atoms with Gasteiger partial charge >= 0.3 is 0 Å². The van der Waals surface area contributed by atoms with Crippen LogP contribution in [0.1, 0.15) is 5.56 Å². The average molecular weight is 455 g/mol. The highest BCUT2D eigenvalue weighted by Gasteiger charge is 2.08. The van der Waals surface area contributed by atoms with E-state index in [2.05, 4.69) is 50.8 Å². The maximum Gasteiger partial charge on any atom is 0.221 e. The molecule has 0 radical (unpaired) electrons. The Morgan fingerprint density at radius 2 is 1.09 bits per heavy atom. The SMILES string of the molecule is NCc1ccc(-c2nncnn2)cc1.Oc1ccc(-c2nnc(-c3ccc(O)cn3)nn2)nc1. The Morgan fingerprint density at radius 3 is 1.50 bits per heavy atom. The number of hydrogen-bond acceptors (Lipinski definition) is 13. The number of nitrogens with two attached hydrogens (primary N) is 1. The zero-order chi connectivity index (χ0) is 23.8. The Balaban J connectivity index is 0.000000172. The van der Waals surface area contributed by atoms with Crippen LogP contribution < -0.4 is 5.73 Å². The topological polar surface area (TPSA) is 195 Å². The Bertz CT molecular complexity index is 1250. The number of nitrogens with zero attached hydrogens (tertiary/aromatic N) is 10. The fourth-order valence-corrected chi connectivity index (χ4v) is 2.58. The van der Waals surface area contributed by atoms with Gasteiger partial charge in [0.2, 0.25) is 17.5 Å². The Kier molecular flexibility index (Phi) is 6.86. The average Bonchev–Trinajstić information content (AvgIpc) is 2.91. The first kappa shape index (κ1) is 22.2. The lowest BCUT2D eigenvalue weighted by Gasteiger charge is -2.00. The minimum absolute atomic E-state index is 0.0552. The van der Waals surface area contributed by atoms with Gasteiger partial charge in [0.05, 0.1) is 12.4 Å². The minimum Gasteiger partial charge on any atom is -0.506 e. The van der Waals surface area contributed by atoms with E-state index < -0.39 is 0 Å². The molecule has 0 amide bonds. The summed E-state index contributed by atoms with van der Waals surface area (Å²) in [6.07, 6.45) is 3.88. The van der Waals surface area contributed by atoms with E-state index in [1.165, 1.54) is 30.9 Å². The molecule has 13 heteroatoms. The molecule has 0 spiro atoms. The van der Waals surface area contributed by atoms with Crippen molar-refractivity contribution in [2.75, 3.05) is 0 Å². The molecule has 168 valence electrons. The molecule has 5 aromatic rings. The number of aromatic nitrogens is 10. The normalized spacial score (nSPS) is 10.3. The van der Waals surface area contributed by atoms with Crippen molar-refractivity contribution in [2.24, 2.45) is 5.73 Å². The van der Waals surface area contributed by atoms with Gasteiger partial charge < -0.3 is 15.9 Å². The zero-order valence-corrected chi connectivity index (χ0v) is 17.5. The van der Waals surface area contributed by atoms with Crippen LogP contribution in [-0.2, 0) is 6.54 Å². The number of benzene rings is 1. The lowest BCUT2D eigenvalue weighted by Crippen LogP contribution is -2.01. The van der Waals surface area contributed by atoms with E-state index in [9.17, 15) is 0 Å². The van der Waals surface area contributed by atoms with Crippen molar-refractivity contribution in [3.05, 3.63) is 72.8 Å². The van der Waals surface area contributed by atoms with Crippen molar-refractivity contribution in [3.8, 4) is 45.9 Å². The maximum absolute atomic E-state index is 9.16. The highest BCUT2D eigenvalue weighted by Crippen LogP contribution is 2.16. The van der Waals surface area contributed by atoms with Gasteiger partial charge in [-0.05, 0) is 29.8 Å². The minimum atomic E-state index is 0.0552. The molecular weight excluding hydrogens is 438 g/mol. The first-order valence-electron chi connectivity index (χ1n) is 9.80. The Labute approximate surface area is 192 Å². The summed E-state index contributed by atoms with van der Waals surface area (Å²) in [5.41, 5.74) is 8.35. The summed E-state index contributed by atoms with van der Waals surface area (Å²) in [5, 5.41) is 48.9. The fraction of sp³-hybridized carbons (Fsp3) is 0.0476. The zero-order valence-electron chi connectivity index (χ0n) is 17.5. The van der Waals surface area contributed by atoms with Gasteiger partial charge in [0, 0.05) is 12.1 Å². The molecule has 0 aliphatic carbocycles. The summed E-state index contributed by atoms with van der Waals surface area (Å²) in [6, 6.07) is 13.8. The number of pyridine rings is 2. The summed E-state index contributed by atoms with van der Waals surface area (Å²) in [6.45, 7) is 0.534. The molecule has 4 N–H and O–H groups in total. The largest absolute Gasteiger partial charge is 0.506 e. The maximum atomic E-state index is 9.16. The van der Waals surface area contributed by atoms with Gasteiger partial charge in [-0.15, -0.1) is 40.8 Å². The molecule has 1 aromatic carbocycles. The molecule has 13 nitrogen and oxygen atoms in total. The molecule has 0 unspecified atom stereocenters. The molecule has 0 aliphatic heterocycles. The van der Waals surface area contributed by atoms with Crippen molar-refractivity contribution < 1.29 is 10.2 Å². The Morgan fingerprint density at radius 1 is 0.588 bits per heavy atom. The van der Waals surface area contributed by atoms with Crippen LogP contribution in [0.15, 0.2) is 67.3 Å². The monoisotopic (exact) mass is 455 g/mol. The third kappa shape index (κ3) is 5.60. The van der Waals surface area contributed by atoms with Crippen molar-refractivity contribution in [1.29, 1.82) is 0 Å². The highest BCUT2D eigenvalue weighted by molar-refractivity contribution is 5.54. The molecule has 0 saturated heterocycles. The van der Waals surface area contributed by atoms with Crippen LogP contribution in [0, 0.1) is 0 Å². The van der Waals surface area contributed by atoms with Crippen molar-refractivity contribution in [1.82, 2.24) is 50.8 Å². The second-order valence-corrected chi connectivity index (χ2v) is 6.62. The smallest absolute Gasteiger partial charge is 0.221 e. The summed E-state index contributed by atoms with van der Waals surface area (Å²) < 4.78 is 0. The van der Waals surface area contributed by atoms with Crippen LogP contribution in [0.4, 0.5) is 0 Å². The molecule has 0 atom stereocenters. The molecule has 0 aliphatic rings. The Hall–Kier alpha value is -5.04. The fourth-order valence-electron chi connectivity index (χ4n) is 2.58. The molecule has 5 rings (SSSR count). The van der Waals surface area contributed by atoms with E-state index in [0.717, 1.165) is 11.1 Å². The van der Waals surface area contributed by atoms with E-state index in [-0.39, 0.29) is 23.1 Å². The molecule has 34 heavy (non-hydrogen) atoms. The van der Waals surface area contributed by atoms with Crippen LogP contribution in [0.2, 0.25) is 0 Å². The molecule has 4 aromatic heterocycles. The quantitative estimate of drug-likeness (QED) is 0.350. The van der Waals surface area contributed by atoms with Gasteiger partial charge in [0.25, 0.3) is 0 Å². The van der Waals surface area contributed by atoms with E-state index in [1.54, 1.807) is 12.1 Å². The summed E-state index contributed by atoms with van der Waals surface area (Å²) in [7, 11) is 0. The van der Waals surface area contributed by atoms with Gasteiger partial charge in [-0.3, -0.25) is 0 Å². The van der Waals surface area contributed by atoms with Crippen molar-refractivity contribution in [2.45, 2.75) is 6.54 Å².